The fourth-order valence-corrected chi connectivity index (χ4v) is 0. The van der Waals surface area contributed by atoms with Crippen molar-refractivity contribution in [3.8, 4) is 0 Å². The number of rotatable bonds is 1. The van der Waals surface area contributed by atoms with Crippen molar-refractivity contribution in [2.75, 3.05) is 0 Å². The molecule has 0 bridgehead atoms. The molecule has 0 amide bonds. The van der Waals surface area contributed by atoms with E-state index in [0.29, 0.717) is 0 Å². The molecule has 0 aromatic rings. The van der Waals surface area contributed by atoms with Gasteiger partial charge in [0.1, 0.15) is 0 Å². The van der Waals surface area contributed by atoms with Crippen LogP contribution < -0.4 is 0 Å². The van der Waals surface area contributed by atoms with E-state index in [1.165, 1.54) is 0 Å². The molecule has 0 aliphatic rings. The molecule has 0 atom stereocenters. The first-order valence-corrected chi connectivity index (χ1v) is 1.25. The minimum Gasteiger partial charge on any atom is -0.0651 e. The Labute approximate surface area is 46.8 Å². The summed E-state index contributed by atoms with van der Waals surface area (Å²) in [7, 11) is 0. The third-order valence-electron chi connectivity index (χ3n) is 0.250. The highest BCUT2D eigenvalue weighted by atomic mass is 13.9. The van der Waals surface area contributed by atoms with E-state index in [0.717, 1.165) is 6.92 Å². The van der Waals surface area contributed by atoms with Crippen molar-refractivity contribution < 1.29 is 12.3 Å². The van der Waals surface area contributed by atoms with Crippen LogP contribution in [-0.2, 0) is 0 Å². The molecule has 0 heterocycles. The minimum atomic E-state index is -3.20. The van der Waals surface area contributed by atoms with E-state index in [4.69, 9.17) is 12.3 Å². The number of hydrogen-bond acceptors (Lipinski definition) is 0. The summed E-state index contributed by atoms with van der Waals surface area (Å²) in [5.41, 5.74) is 0. The smallest absolute Gasteiger partial charge is 0.0297 e. The Morgan fingerprint density at radius 3 is 2.80 bits per heavy atom. The SMILES string of the molecule is [2H]C([2H])([2H])C([2H])(C([2H])([2H])[2H])C([2H])([2H])C. The molecule has 0 aliphatic carbocycles. The van der Waals surface area contributed by atoms with Crippen LogP contribution in [0.15, 0.2) is 0 Å². The van der Waals surface area contributed by atoms with Gasteiger partial charge in [0.25, 0.3) is 0 Å². The maximum atomic E-state index is 7.38. The zero-order valence-electron chi connectivity index (χ0n) is 12.0. The lowest BCUT2D eigenvalue weighted by atomic mass is 10.2. The molecule has 0 aliphatic heterocycles. The molecular weight excluding hydrogens is 60.1 g/mol. The Hall–Kier alpha value is 0. The van der Waals surface area contributed by atoms with Gasteiger partial charge in [-0.05, 0) is 5.89 Å². The highest BCUT2D eigenvalue weighted by Gasteiger charge is 1.80. The van der Waals surface area contributed by atoms with Crippen molar-refractivity contribution in [3.05, 3.63) is 0 Å². The quantitative estimate of drug-likeness (QED) is 0.453. The molecule has 0 spiro atoms. The normalized spacial score (nSPS) is 46.2. The third kappa shape index (κ3) is 4.00. The van der Waals surface area contributed by atoms with Crippen LogP contribution in [-0.4, -0.2) is 0 Å². The summed E-state index contributed by atoms with van der Waals surface area (Å²) in [6.45, 7) is -5.61. The van der Waals surface area contributed by atoms with Gasteiger partial charge >= 0.3 is 0 Å². The van der Waals surface area contributed by atoms with E-state index in [1.807, 2.05) is 0 Å². The van der Waals surface area contributed by atoms with Gasteiger partial charge < -0.3 is 0 Å². The minimum absolute atomic E-state index is 0.790. The summed E-state index contributed by atoms with van der Waals surface area (Å²) in [5.74, 6) is -3.10. The molecule has 0 fully saturated rings. The summed E-state index contributed by atoms with van der Waals surface area (Å²) < 4.78 is 63.3. The van der Waals surface area contributed by atoms with E-state index < -0.39 is 26.0 Å². The molecule has 0 heteroatoms. The summed E-state index contributed by atoms with van der Waals surface area (Å²) >= 11 is 0. The van der Waals surface area contributed by atoms with Crippen LogP contribution in [0.25, 0.3) is 0 Å². The van der Waals surface area contributed by atoms with E-state index in [2.05, 4.69) is 0 Å². The lowest BCUT2D eigenvalue weighted by molar-refractivity contribution is 0.626. The lowest BCUT2D eigenvalue weighted by Crippen LogP contribution is -1.77. The zero-order chi connectivity index (χ0) is 12.0. The topological polar surface area (TPSA) is 0 Å². The van der Waals surface area contributed by atoms with Crippen molar-refractivity contribution in [1.29, 1.82) is 0 Å². The molecule has 5 heavy (non-hydrogen) atoms. The average molecular weight is 81.2 g/mol. The molecule has 0 nitrogen and oxygen atoms in total. The van der Waals surface area contributed by atoms with Gasteiger partial charge in [-0.1, -0.05) is 27.0 Å². The fourth-order valence-electron chi connectivity index (χ4n) is 0. The predicted molar refractivity (Wildman–Crippen MR) is 25.1 cm³/mol. The first-order chi connectivity index (χ1) is 5.75. The van der Waals surface area contributed by atoms with Gasteiger partial charge in [-0.3, -0.25) is 0 Å². The molecule has 0 unspecified atom stereocenters. The molecule has 0 saturated carbocycles. The van der Waals surface area contributed by atoms with Gasteiger partial charge in [0.05, 0.1) is 0 Å². The van der Waals surface area contributed by atoms with Gasteiger partial charge in [-0.2, -0.15) is 0 Å². The first-order valence-electron chi connectivity index (χ1n) is 5.75. The highest BCUT2D eigenvalue weighted by Crippen LogP contribution is 1.93. The fraction of sp³-hybridized carbons (Fsp3) is 1.00. The third-order valence-corrected chi connectivity index (χ3v) is 0.250. The average Bonchev–Trinajstić information content (AvgIpc) is 1.77. The highest BCUT2D eigenvalue weighted by molar-refractivity contribution is 4.32. The van der Waals surface area contributed by atoms with Crippen molar-refractivity contribution in [3.63, 3.8) is 0 Å². The second kappa shape index (κ2) is 2.25. The predicted octanol–water partition coefficient (Wildman–Crippen LogP) is 2.05. The van der Waals surface area contributed by atoms with Gasteiger partial charge in [-0.25, -0.2) is 0 Å². The molecule has 0 rings (SSSR count). The Morgan fingerprint density at radius 1 is 2.20 bits per heavy atom. The van der Waals surface area contributed by atoms with Crippen molar-refractivity contribution in [1.82, 2.24) is 0 Å². The van der Waals surface area contributed by atoms with Crippen molar-refractivity contribution >= 4 is 0 Å². The van der Waals surface area contributed by atoms with Gasteiger partial charge in [0, 0.05) is 12.3 Å². The van der Waals surface area contributed by atoms with E-state index in [-0.39, 0.29) is 0 Å². The second-order valence-corrected chi connectivity index (χ2v) is 0.625. The maximum Gasteiger partial charge on any atom is 0.0297 e. The Balaban J connectivity index is 5.54. The molecule has 0 aromatic carbocycles. The summed E-state index contributed by atoms with van der Waals surface area (Å²) in [6, 6.07) is 0. The van der Waals surface area contributed by atoms with Crippen LogP contribution in [0, 0.1) is 5.89 Å². The standard InChI is InChI=1S/C5H12/c1-4-5(2)3/h5H,4H2,1-3H3/i2D3,3D3,4D2,5D. The second-order valence-electron chi connectivity index (χ2n) is 0.625. The van der Waals surface area contributed by atoms with Crippen molar-refractivity contribution in [2.45, 2.75) is 27.0 Å². The Kier molecular flexibility index (Phi) is 0.213. The van der Waals surface area contributed by atoms with Crippen LogP contribution in [0.5, 0.6) is 0 Å². The molecule has 0 N–H and O–H groups in total. The lowest BCUT2D eigenvalue weighted by Gasteiger charge is -1.90. The van der Waals surface area contributed by atoms with Crippen LogP contribution in [0.2, 0.25) is 0 Å². The summed E-state index contributed by atoms with van der Waals surface area (Å²) in [5, 5.41) is 0. The largest absolute Gasteiger partial charge is 0.0651 e. The van der Waals surface area contributed by atoms with E-state index in [1.54, 1.807) is 0 Å². The Bertz CT molecular complexity index is 167. The van der Waals surface area contributed by atoms with Gasteiger partial charge in [0.15, 0.2) is 0 Å². The van der Waals surface area contributed by atoms with E-state index >= 15 is 0 Å². The molecule has 32 valence electrons. The van der Waals surface area contributed by atoms with Crippen LogP contribution >= 0.6 is 0 Å². The first kappa shape index (κ1) is 0.473. The Morgan fingerprint density at radius 2 is 2.80 bits per heavy atom. The van der Waals surface area contributed by atoms with Crippen LogP contribution in [0.4, 0.5) is 0 Å². The van der Waals surface area contributed by atoms with Gasteiger partial charge in [-0.15, -0.1) is 0 Å². The molecule has 0 aromatic heterocycles. The summed E-state index contributed by atoms with van der Waals surface area (Å²) in [6.07, 6.45) is -2.64. The van der Waals surface area contributed by atoms with Gasteiger partial charge in [0.2, 0.25) is 0 Å². The van der Waals surface area contributed by atoms with Crippen molar-refractivity contribution in [2.24, 2.45) is 5.89 Å². The zero-order valence-corrected chi connectivity index (χ0v) is 3.00. The molecule has 0 radical (unpaired) electrons. The monoisotopic (exact) mass is 81.2 g/mol. The van der Waals surface area contributed by atoms with Crippen LogP contribution in [0.3, 0.4) is 0 Å². The summed E-state index contributed by atoms with van der Waals surface area (Å²) in [4.78, 5) is 0. The molecular formula is C5H12. The molecule has 0 saturated heterocycles. The maximum absolute atomic E-state index is 7.38. The number of hydrogen-bond donors (Lipinski definition) is 0. The van der Waals surface area contributed by atoms with Crippen LogP contribution in [0.1, 0.15) is 39.3 Å². The van der Waals surface area contributed by atoms with E-state index in [9.17, 15) is 0 Å².